The van der Waals surface area contributed by atoms with Gasteiger partial charge in [-0.05, 0) is 0 Å². The number of rotatable bonds is 9. The topological polar surface area (TPSA) is 109 Å². The molecule has 0 aliphatic carbocycles. The van der Waals surface area contributed by atoms with Crippen LogP contribution in [-0.2, 0) is 20.2 Å². The van der Waals surface area contributed by atoms with E-state index in [1.54, 1.807) is 0 Å². The molecule has 0 fully saturated rings. The molecule has 34 heavy (non-hydrogen) atoms. The van der Waals surface area contributed by atoms with Gasteiger partial charge in [0.15, 0.2) is 0 Å². The Labute approximate surface area is 264 Å². The van der Waals surface area contributed by atoms with E-state index in [0.717, 1.165) is 0 Å². The van der Waals surface area contributed by atoms with Crippen molar-refractivity contribution in [1.82, 2.24) is 0 Å². The molecule has 198 valence electrons. The van der Waals surface area contributed by atoms with Gasteiger partial charge in [-0.25, -0.2) is 0 Å². The van der Waals surface area contributed by atoms with Gasteiger partial charge in [-0.2, -0.15) is 87.1 Å². The molecule has 0 unspecified atom stereocenters. The minimum Gasteiger partial charge on any atom is -1.00 e. The third-order valence-corrected chi connectivity index (χ3v) is 5.16. The predicted molar refractivity (Wildman–Crippen MR) is 64.9 cm³/mol. The second kappa shape index (κ2) is 10.5. The maximum Gasteiger partial charge on any atom is 1.00 e. The van der Waals surface area contributed by atoms with Gasteiger partial charge >= 0.3 is 169 Å². The van der Waals surface area contributed by atoms with Crippen molar-refractivity contribution < 1.29 is 202 Å². The molecule has 0 atom stereocenters. The molecule has 26 heteroatoms. The zero-order valence-electron chi connectivity index (χ0n) is 17.4. The summed E-state index contributed by atoms with van der Waals surface area (Å²) in [5.41, 5.74) is 0. The molecule has 0 aromatic heterocycles. The van der Waals surface area contributed by atoms with Crippen molar-refractivity contribution in [3.05, 3.63) is 0 Å². The standard InChI is InChI=1S/C8H2F16O6S2.2K.2H/c9-1(10,3(13,14)5(17,18)7(21,22)31(25,26)27)2(11,12)4(15,16)6(19,20)8(23,24)32(28,29)30;;;;/h(H,25,26,27)(H,28,29,30);;;;/q;2*+1;2*-1. The van der Waals surface area contributed by atoms with Crippen LogP contribution in [0.4, 0.5) is 70.2 Å². The van der Waals surface area contributed by atoms with Crippen molar-refractivity contribution in [2.75, 3.05) is 0 Å². The predicted octanol–water partition coefficient (Wildman–Crippen LogP) is -2.01. The molecule has 0 aliphatic rings. The van der Waals surface area contributed by atoms with Crippen LogP contribution in [0, 0.1) is 0 Å². The average molecular weight is 642 g/mol. The molecule has 0 saturated heterocycles. The van der Waals surface area contributed by atoms with Crippen molar-refractivity contribution in [2.45, 2.75) is 46.0 Å². The minimum absolute atomic E-state index is 0. The van der Waals surface area contributed by atoms with Gasteiger partial charge < -0.3 is 2.85 Å². The van der Waals surface area contributed by atoms with Crippen molar-refractivity contribution in [2.24, 2.45) is 0 Å². The Balaban J connectivity index is -0.000000801. The number of alkyl halides is 16. The summed E-state index contributed by atoms with van der Waals surface area (Å²) < 4.78 is 265. The monoisotopic (exact) mass is 642 g/mol. The number of hydrogen-bond acceptors (Lipinski definition) is 4. The Morgan fingerprint density at radius 2 is 0.500 bits per heavy atom. The van der Waals surface area contributed by atoms with Gasteiger partial charge in [0.2, 0.25) is 0 Å². The molecular formula is C8H4F16K2O6S2. The van der Waals surface area contributed by atoms with Crippen LogP contribution in [-0.4, -0.2) is 72.0 Å². The van der Waals surface area contributed by atoms with Crippen LogP contribution < -0.4 is 103 Å². The Hall–Kier alpha value is 1.97. The molecule has 0 aromatic carbocycles. The Bertz CT molecular complexity index is 895. The zero-order valence-corrected chi connectivity index (χ0v) is 23.3. The van der Waals surface area contributed by atoms with E-state index in [9.17, 15) is 87.1 Å². The van der Waals surface area contributed by atoms with E-state index in [0.29, 0.717) is 0 Å². The second-order valence-electron chi connectivity index (χ2n) is 5.43. The summed E-state index contributed by atoms with van der Waals surface area (Å²) in [6.07, 6.45) is 0. The SMILES string of the molecule is O=S(=O)(O)C(F)(F)C(F)(F)C(F)(F)C(F)(F)C(F)(F)C(F)(F)C(F)(F)C(F)(F)S(=O)(=O)O.[H-].[H-].[K+].[K+]. The summed E-state index contributed by atoms with van der Waals surface area (Å²) in [5.74, 6) is -52.9. The van der Waals surface area contributed by atoms with Crippen molar-refractivity contribution in [3.63, 3.8) is 0 Å². The fraction of sp³-hybridized carbons (Fsp3) is 1.00. The molecule has 0 aliphatic heterocycles. The third-order valence-electron chi connectivity index (χ3n) is 3.35. The molecule has 0 spiro atoms. The molecule has 0 bridgehead atoms. The molecule has 0 heterocycles. The van der Waals surface area contributed by atoms with Crippen LogP contribution in [0.15, 0.2) is 0 Å². The molecule has 0 rings (SSSR count). The first-order valence-corrected chi connectivity index (χ1v) is 9.09. The summed E-state index contributed by atoms with van der Waals surface area (Å²) in [4.78, 5) is 0. The molecular weight excluding hydrogens is 638 g/mol. The maximum absolute atomic E-state index is 13.2. The molecule has 0 saturated carbocycles. The van der Waals surface area contributed by atoms with E-state index in [-0.39, 0.29) is 106 Å². The van der Waals surface area contributed by atoms with Gasteiger partial charge in [-0.3, -0.25) is 9.11 Å². The van der Waals surface area contributed by atoms with Crippen LogP contribution >= 0.6 is 0 Å². The van der Waals surface area contributed by atoms with Crippen LogP contribution in [0.1, 0.15) is 2.85 Å². The molecule has 2 N–H and O–H groups in total. The van der Waals surface area contributed by atoms with Gasteiger partial charge in [0.25, 0.3) is 0 Å². The summed E-state index contributed by atoms with van der Waals surface area (Å²) in [7, 11) is -15.9. The number of halogens is 16. The summed E-state index contributed by atoms with van der Waals surface area (Å²) >= 11 is 0. The Kier molecular flexibility index (Phi) is 12.5. The average Bonchev–Trinajstić information content (AvgIpc) is 2.51. The van der Waals surface area contributed by atoms with E-state index >= 15 is 0 Å². The largest absolute Gasteiger partial charge is 1.00 e. The molecule has 6 nitrogen and oxygen atoms in total. The first-order valence-electron chi connectivity index (χ1n) is 6.21. The van der Waals surface area contributed by atoms with Crippen molar-refractivity contribution in [3.8, 4) is 0 Å². The fourth-order valence-corrected chi connectivity index (χ4v) is 2.38. The van der Waals surface area contributed by atoms with Gasteiger partial charge in [-0.15, -0.1) is 0 Å². The molecule has 0 radical (unpaired) electrons. The van der Waals surface area contributed by atoms with Gasteiger partial charge in [0.05, 0.1) is 0 Å². The van der Waals surface area contributed by atoms with E-state index in [1.165, 1.54) is 0 Å². The number of hydrogen-bond donors (Lipinski definition) is 2. The van der Waals surface area contributed by atoms with E-state index in [1.807, 2.05) is 0 Å². The maximum atomic E-state index is 13.2. The van der Waals surface area contributed by atoms with Crippen molar-refractivity contribution >= 4 is 20.2 Å². The summed E-state index contributed by atoms with van der Waals surface area (Å²) in [5, 5.41) is -15.8. The quantitative estimate of drug-likeness (QED) is 0.171. The van der Waals surface area contributed by atoms with Crippen LogP contribution in [0.25, 0.3) is 0 Å². The fourth-order valence-electron chi connectivity index (χ4n) is 1.48. The summed E-state index contributed by atoms with van der Waals surface area (Å²) in [6, 6.07) is 0. The Morgan fingerprint density at radius 1 is 0.382 bits per heavy atom. The third kappa shape index (κ3) is 5.36. The van der Waals surface area contributed by atoms with Crippen molar-refractivity contribution in [1.29, 1.82) is 0 Å². The van der Waals surface area contributed by atoms with Gasteiger partial charge in [0, 0.05) is 0 Å². The Morgan fingerprint density at radius 3 is 0.618 bits per heavy atom. The first kappa shape index (κ1) is 40.5. The van der Waals surface area contributed by atoms with Crippen LogP contribution in [0.3, 0.4) is 0 Å². The first-order chi connectivity index (χ1) is 13.2. The van der Waals surface area contributed by atoms with Gasteiger partial charge in [0.1, 0.15) is 0 Å². The molecule has 0 amide bonds. The summed E-state index contributed by atoms with van der Waals surface area (Å²) in [6.45, 7) is 0. The van der Waals surface area contributed by atoms with Crippen LogP contribution in [0.2, 0.25) is 0 Å². The second-order valence-corrected chi connectivity index (χ2v) is 8.36. The van der Waals surface area contributed by atoms with Crippen LogP contribution in [0.5, 0.6) is 0 Å². The zero-order chi connectivity index (χ0) is 27.0. The molecule has 0 aromatic rings. The van der Waals surface area contributed by atoms with E-state index < -0.39 is 66.3 Å². The minimum atomic E-state index is -9.03. The van der Waals surface area contributed by atoms with Gasteiger partial charge in [-0.1, -0.05) is 0 Å². The normalized spacial score (nSPS) is 15.9. The van der Waals surface area contributed by atoms with E-state index in [2.05, 4.69) is 0 Å². The van der Waals surface area contributed by atoms with E-state index in [4.69, 9.17) is 9.11 Å². The smallest absolute Gasteiger partial charge is 1.00 e.